The fourth-order valence-electron chi connectivity index (χ4n) is 3.78. The standard InChI is InChI=1S/C21H28N6O/c1-25-11-13-27(14-12-25)20-15-19(22-16-23-20)21(28)24-17-5-7-18(8-6-17)26-9-3-2-4-10-26/h5-8,15-16H,2-4,9-14H2,1H3,(H,24,28). The highest BCUT2D eigenvalue weighted by Crippen LogP contribution is 2.22. The molecule has 28 heavy (non-hydrogen) atoms. The van der Waals surface area contributed by atoms with Crippen molar-refractivity contribution in [1.82, 2.24) is 14.9 Å². The van der Waals surface area contributed by atoms with E-state index in [1.165, 1.54) is 31.3 Å². The molecule has 2 aromatic rings. The zero-order valence-corrected chi connectivity index (χ0v) is 16.5. The molecule has 7 heteroatoms. The molecule has 2 saturated heterocycles. The van der Waals surface area contributed by atoms with Gasteiger partial charge in [0.1, 0.15) is 17.8 Å². The second kappa shape index (κ2) is 8.56. The second-order valence-corrected chi connectivity index (χ2v) is 7.60. The van der Waals surface area contributed by atoms with Gasteiger partial charge in [0.05, 0.1) is 0 Å². The maximum absolute atomic E-state index is 12.6. The molecule has 3 heterocycles. The van der Waals surface area contributed by atoms with Crippen molar-refractivity contribution in [1.29, 1.82) is 0 Å². The molecule has 0 saturated carbocycles. The van der Waals surface area contributed by atoms with Gasteiger partial charge < -0.3 is 20.0 Å². The molecule has 2 fully saturated rings. The van der Waals surface area contributed by atoms with Crippen molar-refractivity contribution in [3.05, 3.63) is 42.4 Å². The summed E-state index contributed by atoms with van der Waals surface area (Å²) in [6.07, 6.45) is 5.30. The van der Waals surface area contributed by atoms with Gasteiger partial charge in [0.15, 0.2) is 0 Å². The van der Waals surface area contributed by atoms with E-state index < -0.39 is 0 Å². The first-order chi connectivity index (χ1) is 13.7. The van der Waals surface area contributed by atoms with Gasteiger partial charge in [-0.1, -0.05) is 0 Å². The van der Waals surface area contributed by atoms with Gasteiger partial charge in [-0.3, -0.25) is 4.79 Å². The number of carbonyl (C=O) groups excluding carboxylic acids is 1. The minimum Gasteiger partial charge on any atom is -0.372 e. The molecule has 0 aliphatic carbocycles. The first-order valence-electron chi connectivity index (χ1n) is 10.1. The van der Waals surface area contributed by atoms with Crippen LogP contribution >= 0.6 is 0 Å². The second-order valence-electron chi connectivity index (χ2n) is 7.60. The number of hydrogen-bond acceptors (Lipinski definition) is 6. The van der Waals surface area contributed by atoms with Crippen LogP contribution in [0.5, 0.6) is 0 Å². The number of rotatable bonds is 4. The van der Waals surface area contributed by atoms with Crippen LogP contribution in [-0.2, 0) is 0 Å². The summed E-state index contributed by atoms with van der Waals surface area (Å²) in [5.41, 5.74) is 2.40. The first kappa shape index (κ1) is 18.7. The molecule has 0 bridgehead atoms. The summed E-state index contributed by atoms with van der Waals surface area (Å²) in [5.74, 6) is 0.609. The molecule has 1 aromatic heterocycles. The van der Waals surface area contributed by atoms with Gasteiger partial charge in [-0.25, -0.2) is 9.97 Å². The Morgan fingerprint density at radius 1 is 0.893 bits per heavy atom. The SMILES string of the molecule is CN1CCN(c2cc(C(=O)Nc3ccc(N4CCCCC4)cc3)ncn2)CC1. The highest BCUT2D eigenvalue weighted by atomic mass is 16.1. The van der Waals surface area contributed by atoms with Crippen molar-refractivity contribution in [2.75, 3.05) is 61.4 Å². The number of amides is 1. The predicted molar refractivity (Wildman–Crippen MR) is 112 cm³/mol. The van der Waals surface area contributed by atoms with E-state index in [0.717, 1.165) is 50.8 Å². The monoisotopic (exact) mass is 380 g/mol. The Hall–Kier alpha value is -2.67. The van der Waals surface area contributed by atoms with Gasteiger partial charge in [-0.05, 0) is 50.6 Å². The largest absolute Gasteiger partial charge is 0.372 e. The lowest BCUT2D eigenvalue weighted by Gasteiger charge is -2.33. The molecule has 1 amide bonds. The molecule has 4 rings (SSSR count). The van der Waals surface area contributed by atoms with Gasteiger partial charge in [-0.15, -0.1) is 0 Å². The van der Waals surface area contributed by atoms with E-state index in [9.17, 15) is 4.79 Å². The third-order valence-electron chi connectivity index (χ3n) is 5.56. The molecule has 0 unspecified atom stereocenters. The number of hydrogen-bond donors (Lipinski definition) is 1. The van der Waals surface area contributed by atoms with Gasteiger partial charge in [0.25, 0.3) is 5.91 Å². The van der Waals surface area contributed by atoms with Crippen LogP contribution < -0.4 is 15.1 Å². The number of likely N-dealkylation sites (N-methyl/N-ethyl adjacent to an activating group) is 1. The summed E-state index contributed by atoms with van der Waals surface area (Å²) < 4.78 is 0. The molecular formula is C21H28N6O. The van der Waals surface area contributed by atoms with Crippen LogP contribution in [0.2, 0.25) is 0 Å². The van der Waals surface area contributed by atoms with E-state index in [-0.39, 0.29) is 5.91 Å². The van der Waals surface area contributed by atoms with Crippen molar-refractivity contribution < 1.29 is 4.79 Å². The van der Waals surface area contributed by atoms with Crippen LogP contribution in [0.3, 0.4) is 0 Å². The Bertz CT molecular complexity index is 795. The summed E-state index contributed by atoms with van der Waals surface area (Å²) in [6.45, 7) is 6.03. The van der Waals surface area contributed by atoms with Gasteiger partial charge >= 0.3 is 0 Å². The molecule has 0 spiro atoms. The summed E-state index contributed by atoms with van der Waals surface area (Å²) in [7, 11) is 2.12. The van der Waals surface area contributed by atoms with Crippen LogP contribution in [0, 0.1) is 0 Å². The van der Waals surface area contributed by atoms with Crippen LogP contribution in [0.1, 0.15) is 29.8 Å². The van der Waals surface area contributed by atoms with Gasteiger partial charge in [-0.2, -0.15) is 0 Å². The lowest BCUT2D eigenvalue weighted by molar-refractivity contribution is 0.102. The molecule has 7 nitrogen and oxygen atoms in total. The highest BCUT2D eigenvalue weighted by molar-refractivity contribution is 6.03. The Kier molecular flexibility index (Phi) is 5.71. The highest BCUT2D eigenvalue weighted by Gasteiger charge is 2.17. The molecule has 1 N–H and O–H groups in total. The number of anilines is 3. The number of aromatic nitrogens is 2. The van der Waals surface area contributed by atoms with Crippen molar-refractivity contribution >= 4 is 23.1 Å². The summed E-state index contributed by atoms with van der Waals surface area (Å²) in [4.78, 5) is 28.1. The maximum Gasteiger partial charge on any atom is 0.274 e. The minimum absolute atomic E-state index is 0.205. The normalized spacial score (nSPS) is 18.2. The Labute approximate surface area is 166 Å². The molecule has 148 valence electrons. The smallest absolute Gasteiger partial charge is 0.274 e. The lowest BCUT2D eigenvalue weighted by atomic mass is 10.1. The van der Waals surface area contributed by atoms with E-state index in [4.69, 9.17) is 0 Å². The Morgan fingerprint density at radius 3 is 2.32 bits per heavy atom. The number of piperidine rings is 1. The topological polar surface area (TPSA) is 64.6 Å². The van der Waals surface area contributed by atoms with Crippen molar-refractivity contribution in [2.45, 2.75) is 19.3 Å². The number of carbonyl (C=O) groups is 1. The van der Waals surface area contributed by atoms with E-state index in [2.05, 4.69) is 49.2 Å². The number of nitrogens with zero attached hydrogens (tertiary/aromatic N) is 5. The third kappa shape index (κ3) is 4.42. The van der Waals surface area contributed by atoms with Crippen LogP contribution in [0.25, 0.3) is 0 Å². The van der Waals surface area contributed by atoms with E-state index >= 15 is 0 Å². The molecule has 1 aromatic carbocycles. The summed E-state index contributed by atoms with van der Waals surface area (Å²) in [6, 6.07) is 9.87. The zero-order valence-electron chi connectivity index (χ0n) is 16.5. The average Bonchev–Trinajstić information content (AvgIpc) is 2.75. The molecule has 2 aliphatic heterocycles. The fourth-order valence-corrected chi connectivity index (χ4v) is 3.78. The van der Waals surface area contributed by atoms with Gasteiger partial charge in [0, 0.05) is 56.7 Å². The number of piperazine rings is 1. The van der Waals surface area contributed by atoms with E-state index in [0.29, 0.717) is 5.69 Å². The predicted octanol–water partition coefficient (Wildman–Crippen LogP) is 2.47. The van der Waals surface area contributed by atoms with Crippen LogP contribution in [-0.4, -0.2) is 67.1 Å². The third-order valence-corrected chi connectivity index (χ3v) is 5.56. The average molecular weight is 380 g/mol. The maximum atomic E-state index is 12.6. The number of benzene rings is 1. The molecule has 0 radical (unpaired) electrons. The van der Waals surface area contributed by atoms with Crippen LogP contribution in [0.15, 0.2) is 36.7 Å². The van der Waals surface area contributed by atoms with E-state index in [1.54, 1.807) is 6.07 Å². The summed E-state index contributed by atoms with van der Waals surface area (Å²) in [5, 5.41) is 2.95. The van der Waals surface area contributed by atoms with Crippen molar-refractivity contribution in [3.8, 4) is 0 Å². The fraction of sp³-hybridized carbons (Fsp3) is 0.476. The van der Waals surface area contributed by atoms with Gasteiger partial charge in [0.2, 0.25) is 0 Å². The molecule has 2 aliphatic rings. The van der Waals surface area contributed by atoms with Crippen molar-refractivity contribution in [3.63, 3.8) is 0 Å². The molecular weight excluding hydrogens is 352 g/mol. The zero-order chi connectivity index (χ0) is 19.3. The van der Waals surface area contributed by atoms with Crippen LogP contribution in [0.4, 0.5) is 17.2 Å². The Morgan fingerprint density at radius 2 is 1.61 bits per heavy atom. The lowest BCUT2D eigenvalue weighted by Crippen LogP contribution is -2.44. The quantitative estimate of drug-likeness (QED) is 0.879. The first-order valence-corrected chi connectivity index (χ1v) is 10.1. The minimum atomic E-state index is -0.205. The van der Waals surface area contributed by atoms with E-state index in [1.807, 2.05) is 12.1 Å². The molecule has 0 atom stereocenters. The van der Waals surface area contributed by atoms with Crippen molar-refractivity contribution in [2.24, 2.45) is 0 Å². The summed E-state index contributed by atoms with van der Waals surface area (Å²) >= 11 is 0. The Balaban J connectivity index is 1.40. The number of nitrogens with one attached hydrogen (secondary N) is 1.